The highest BCUT2D eigenvalue weighted by molar-refractivity contribution is 7.89. The minimum atomic E-state index is -3.56. The third-order valence-electron chi connectivity index (χ3n) is 2.11. The average Bonchev–Trinajstić information content (AvgIpc) is 2.90. The lowest BCUT2D eigenvalue weighted by Gasteiger charge is -2.05. The van der Waals surface area contributed by atoms with E-state index in [-0.39, 0.29) is 11.4 Å². The van der Waals surface area contributed by atoms with Crippen molar-refractivity contribution in [2.24, 2.45) is 5.84 Å². The predicted molar refractivity (Wildman–Crippen MR) is 68.2 cm³/mol. The number of pyridine rings is 1. The molecular weight excluding hydrogens is 274 g/mol. The molecule has 0 atom stereocenters. The summed E-state index contributed by atoms with van der Waals surface area (Å²) in [5.74, 6) is 5.55. The topological polar surface area (TPSA) is 110 Å². The van der Waals surface area contributed by atoms with Gasteiger partial charge in [-0.15, -0.1) is 11.3 Å². The Kier molecular flexibility index (Phi) is 3.87. The van der Waals surface area contributed by atoms with Gasteiger partial charge < -0.3 is 5.43 Å². The standard InChI is InChI=1S/C9H11N5O2S2/c10-14-9-2-1-8(5-12-9)18(15,16)13-4-7-3-11-6-17-7/h1-3,5-6,13H,4,10H2,(H,12,14). The number of nitrogens with one attached hydrogen (secondary N) is 2. The third-order valence-corrected chi connectivity index (χ3v) is 4.28. The highest BCUT2D eigenvalue weighted by atomic mass is 32.2. The van der Waals surface area contributed by atoms with Crippen LogP contribution >= 0.6 is 11.3 Å². The summed E-state index contributed by atoms with van der Waals surface area (Å²) < 4.78 is 26.3. The maximum atomic E-state index is 11.9. The second-order valence-corrected chi connectivity index (χ2v) is 6.05. The average molecular weight is 285 g/mol. The molecule has 0 fully saturated rings. The molecule has 0 bridgehead atoms. The van der Waals surface area contributed by atoms with Gasteiger partial charge in [-0.2, -0.15) is 0 Å². The van der Waals surface area contributed by atoms with Gasteiger partial charge in [0.15, 0.2) is 0 Å². The Bertz CT molecular complexity index is 594. The van der Waals surface area contributed by atoms with Gasteiger partial charge in [-0.1, -0.05) is 0 Å². The Morgan fingerprint density at radius 1 is 1.33 bits per heavy atom. The van der Waals surface area contributed by atoms with E-state index in [4.69, 9.17) is 5.84 Å². The number of hydrogen-bond donors (Lipinski definition) is 3. The molecule has 4 N–H and O–H groups in total. The van der Waals surface area contributed by atoms with Gasteiger partial charge >= 0.3 is 0 Å². The van der Waals surface area contributed by atoms with Crippen LogP contribution in [0.1, 0.15) is 4.88 Å². The van der Waals surface area contributed by atoms with Gasteiger partial charge in [0.05, 0.1) is 5.51 Å². The van der Waals surface area contributed by atoms with Gasteiger partial charge in [0.25, 0.3) is 0 Å². The Labute approximate surface area is 108 Å². The van der Waals surface area contributed by atoms with Crippen molar-refractivity contribution >= 4 is 27.2 Å². The monoisotopic (exact) mass is 285 g/mol. The molecule has 0 unspecified atom stereocenters. The summed E-state index contributed by atoms with van der Waals surface area (Å²) in [5.41, 5.74) is 3.97. The van der Waals surface area contributed by atoms with E-state index >= 15 is 0 Å². The van der Waals surface area contributed by atoms with Crippen molar-refractivity contribution in [2.45, 2.75) is 11.4 Å². The lowest BCUT2D eigenvalue weighted by Crippen LogP contribution is -2.23. The van der Waals surface area contributed by atoms with Crippen LogP contribution in [0, 0.1) is 0 Å². The van der Waals surface area contributed by atoms with E-state index in [1.807, 2.05) is 0 Å². The second-order valence-electron chi connectivity index (χ2n) is 3.32. The van der Waals surface area contributed by atoms with Crippen molar-refractivity contribution < 1.29 is 8.42 Å². The molecule has 2 aromatic heterocycles. The van der Waals surface area contributed by atoms with E-state index in [9.17, 15) is 8.42 Å². The van der Waals surface area contributed by atoms with Gasteiger partial charge in [0.1, 0.15) is 10.7 Å². The van der Waals surface area contributed by atoms with Crippen molar-refractivity contribution in [3.63, 3.8) is 0 Å². The smallest absolute Gasteiger partial charge is 0.242 e. The molecule has 2 rings (SSSR count). The van der Waals surface area contributed by atoms with Gasteiger partial charge in [-0.25, -0.2) is 24.0 Å². The zero-order valence-electron chi connectivity index (χ0n) is 9.20. The van der Waals surface area contributed by atoms with E-state index in [2.05, 4.69) is 20.1 Å². The van der Waals surface area contributed by atoms with Crippen molar-refractivity contribution in [1.29, 1.82) is 0 Å². The van der Waals surface area contributed by atoms with Gasteiger partial charge in [-0.3, -0.25) is 4.98 Å². The SMILES string of the molecule is NNc1ccc(S(=O)(=O)NCc2cncs2)cn1. The zero-order chi connectivity index (χ0) is 13.0. The number of hydrazine groups is 1. The first-order valence-electron chi connectivity index (χ1n) is 4.91. The molecule has 0 saturated heterocycles. The third kappa shape index (κ3) is 3.01. The first-order valence-corrected chi connectivity index (χ1v) is 7.28. The molecular formula is C9H11N5O2S2. The summed E-state index contributed by atoms with van der Waals surface area (Å²) in [4.78, 5) is 8.64. The van der Waals surface area contributed by atoms with Crippen LogP contribution in [0.2, 0.25) is 0 Å². The minimum absolute atomic E-state index is 0.0889. The van der Waals surface area contributed by atoms with E-state index in [1.54, 1.807) is 11.7 Å². The Morgan fingerprint density at radius 2 is 2.17 bits per heavy atom. The Balaban J connectivity index is 2.09. The molecule has 0 aromatic carbocycles. The fourth-order valence-electron chi connectivity index (χ4n) is 1.20. The normalized spacial score (nSPS) is 11.4. The molecule has 96 valence electrons. The summed E-state index contributed by atoms with van der Waals surface area (Å²) in [7, 11) is -3.56. The molecule has 0 amide bonds. The van der Waals surface area contributed by atoms with E-state index in [0.717, 1.165) is 4.88 Å². The fourth-order valence-corrected chi connectivity index (χ4v) is 2.78. The van der Waals surface area contributed by atoms with Gasteiger partial charge in [0, 0.05) is 23.8 Å². The van der Waals surface area contributed by atoms with Crippen LogP contribution in [0.25, 0.3) is 0 Å². The van der Waals surface area contributed by atoms with Crippen LogP contribution < -0.4 is 16.0 Å². The molecule has 0 spiro atoms. The van der Waals surface area contributed by atoms with Crippen LogP contribution in [0.3, 0.4) is 0 Å². The predicted octanol–water partition coefficient (Wildman–Crippen LogP) is 0.302. The number of nitrogens with two attached hydrogens (primary N) is 1. The highest BCUT2D eigenvalue weighted by Gasteiger charge is 2.14. The molecule has 2 heterocycles. The molecule has 7 nitrogen and oxygen atoms in total. The quantitative estimate of drug-likeness (QED) is 0.538. The summed E-state index contributed by atoms with van der Waals surface area (Å²) >= 11 is 1.38. The first-order chi connectivity index (χ1) is 8.62. The van der Waals surface area contributed by atoms with Crippen LogP contribution in [0.15, 0.2) is 34.9 Å². The van der Waals surface area contributed by atoms with E-state index in [0.29, 0.717) is 5.82 Å². The van der Waals surface area contributed by atoms with Crippen molar-refractivity contribution in [1.82, 2.24) is 14.7 Å². The molecule has 18 heavy (non-hydrogen) atoms. The number of anilines is 1. The van der Waals surface area contributed by atoms with Crippen molar-refractivity contribution in [2.75, 3.05) is 5.43 Å². The zero-order valence-corrected chi connectivity index (χ0v) is 10.8. The number of aromatic nitrogens is 2. The minimum Gasteiger partial charge on any atom is -0.308 e. The lowest BCUT2D eigenvalue weighted by molar-refractivity contribution is 0.581. The maximum Gasteiger partial charge on any atom is 0.242 e. The second kappa shape index (κ2) is 5.40. The lowest BCUT2D eigenvalue weighted by atomic mass is 10.5. The maximum absolute atomic E-state index is 11.9. The summed E-state index contributed by atoms with van der Waals surface area (Å²) in [5, 5.41) is 0. The van der Waals surface area contributed by atoms with E-state index in [1.165, 1.54) is 29.7 Å². The molecule has 2 aromatic rings. The van der Waals surface area contributed by atoms with Crippen LogP contribution in [0.5, 0.6) is 0 Å². The van der Waals surface area contributed by atoms with Crippen LogP contribution in [-0.4, -0.2) is 18.4 Å². The largest absolute Gasteiger partial charge is 0.308 e. The van der Waals surface area contributed by atoms with Crippen molar-refractivity contribution in [3.8, 4) is 0 Å². The first kappa shape index (κ1) is 12.9. The number of hydrogen-bond acceptors (Lipinski definition) is 7. The van der Waals surface area contributed by atoms with Crippen LogP contribution in [0.4, 0.5) is 5.82 Å². The number of nitrogens with zero attached hydrogens (tertiary/aromatic N) is 2. The molecule has 0 aliphatic rings. The molecule has 9 heteroatoms. The highest BCUT2D eigenvalue weighted by Crippen LogP contribution is 2.11. The molecule has 0 saturated carbocycles. The number of sulfonamides is 1. The Hall–Kier alpha value is -1.55. The molecule has 0 aliphatic heterocycles. The molecule has 0 radical (unpaired) electrons. The summed E-state index contributed by atoms with van der Waals surface area (Å²) in [6.45, 7) is 0.212. The number of nitrogen functional groups attached to an aromatic ring is 1. The van der Waals surface area contributed by atoms with Gasteiger partial charge in [0.2, 0.25) is 10.0 Å². The fraction of sp³-hybridized carbons (Fsp3) is 0.111. The van der Waals surface area contributed by atoms with Crippen molar-refractivity contribution in [3.05, 3.63) is 34.9 Å². The summed E-state index contributed by atoms with van der Waals surface area (Å²) in [6.07, 6.45) is 2.86. The van der Waals surface area contributed by atoms with Gasteiger partial charge in [-0.05, 0) is 12.1 Å². The molecule has 0 aliphatic carbocycles. The van der Waals surface area contributed by atoms with E-state index < -0.39 is 10.0 Å². The Morgan fingerprint density at radius 3 is 2.72 bits per heavy atom. The number of rotatable bonds is 5. The van der Waals surface area contributed by atoms with Crippen LogP contribution in [-0.2, 0) is 16.6 Å². The number of thiazole rings is 1. The summed E-state index contributed by atoms with van der Waals surface area (Å²) in [6, 6.07) is 2.92.